The molecule has 0 aromatic carbocycles. The molecule has 0 aliphatic carbocycles. The molecule has 1 aliphatic rings. The van der Waals surface area contributed by atoms with E-state index in [1.54, 1.807) is 17.9 Å². The molecule has 2 rings (SSSR count). The molecular weight excluding hydrogens is 295 g/mol. The van der Waals surface area contributed by atoms with Crippen molar-refractivity contribution < 1.29 is 4.74 Å². The number of hydrogen-bond donors (Lipinski definition) is 1. The molecule has 0 fully saturated rings. The van der Waals surface area contributed by atoms with E-state index in [9.17, 15) is 0 Å². The third-order valence-electron chi connectivity index (χ3n) is 2.10. The predicted molar refractivity (Wildman–Crippen MR) is 62.8 cm³/mol. The van der Waals surface area contributed by atoms with Gasteiger partial charge in [-0.25, -0.2) is 4.99 Å². The zero-order chi connectivity index (χ0) is 10.1. The van der Waals surface area contributed by atoms with E-state index < -0.39 is 0 Å². The van der Waals surface area contributed by atoms with Crippen LogP contribution in [0, 0.1) is 0 Å². The first-order valence-electron chi connectivity index (χ1n) is 4.27. The molecule has 0 bridgehead atoms. The number of aryl methyl sites for hydroxylation is 1. The van der Waals surface area contributed by atoms with Gasteiger partial charge in [-0.2, -0.15) is 5.10 Å². The average molecular weight is 306 g/mol. The Balaban J connectivity index is 2.21. The zero-order valence-corrected chi connectivity index (χ0v) is 9.93. The molecule has 0 amide bonds. The number of alkyl halides is 1. The van der Waals surface area contributed by atoms with Crippen molar-refractivity contribution >= 4 is 34.3 Å². The second-order valence-electron chi connectivity index (χ2n) is 3.11. The molecule has 1 aromatic rings. The first-order valence-corrected chi connectivity index (χ1v) is 5.80. The van der Waals surface area contributed by atoms with Gasteiger partial charge < -0.3 is 10.5 Å². The highest BCUT2D eigenvalue weighted by molar-refractivity contribution is 14.1. The van der Waals surface area contributed by atoms with Crippen LogP contribution >= 0.6 is 22.6 Å². The van der Waals surface area contributed by atoms with E-state index >= 15 is 0 Å². The second-order valence-corrected chi connectivity index (χ2v) is 3.99. The van der Waals surface area contributed by atoms with Gasteiger partial charge in [-0.15, -0.1) is 0 Å². The molecule has 1 atom stereocenters. The number of halogens is 1. The topological polar surface area (TPSA) is 65.4 Å². The molecular formula is C8H11IN4O. The molecule has 1 aromatic heterocycles. The van der Waals surface area contributed by atoms with Crippen LogP contribution in [0.2, 0.25) is 0 Å². The van der Waals surface area contributed by atoms with Crippen molar-refractivity contribution in [2.75, 3.05) is 16.7 Å². The van der Waals surface area contributed by atoms with Crippen LogP contribution in [-0.4, -0.2) is 32.8 Å². The largest absolute Gasteiger partial charge is 0.471 e. The summed E-state index contributed by atoms with van der Waals surface area (Å²) in [7, 11) is 1.80. The molecule has 0 spiro atoms. The summed E-state index contributed by atoms with van der Waals surface area (Å²) < 4.78 is 8.15. The molecule has 2 N–H and O–H groups in total. The molecule has 1 unspecified atom stereocenters. The lowest BCUT2D eigenvalue weighted by Gasteiger charge is -2.06. The Morgan fingerprint density at radius 1 is 1.79 bits per heavy atom. The van der Waals surface area contributed by atoms with E-state index in [-0.39, 0.29) is 6.10 Å². The van der Waals surface area contributed by atoms with Crippen molar-refractivity contribution in [3.63, 3.8) is 0 Å². The van der Waals surface area contributed by atoms with Crippen LogP contribution in [-0.2, 0) is 11.8 Å². The minimum absolute atomic E-state index is 0.185. The van der Waals surface area contributed by atoms with Gasteiger partial charge in [0.1, 0.15) is 11.9 Å². The summed E-state index contributed by atoms with van der Waals surface area (Å²) in [5.74, 6) is 1.22. The molecule has 6 heteroatoms. The number of anilines is 1. The fourth-order valence-corrected chi connectivity index (χ4v) is 1.72. The molecule has 0 saturated heterocycles. The van der Waals surface area contributed by atoms with Crippen molar-refractivity contribution in [3.8, 4) is 0 Å². The summed E-state index contributed by atoms with van der Waals surface area (Å²) in [6.45, 7) is 0.715. The predicted octanol–water partition coefficient (Wildman–Crippen LogP) is 0.583. The smallest absolute Gasteiger partial charge is 0.222 e. The van der Waals surface area contributed by atoms with Gasteiger partial charge in [-0.1, -0.05) is 22.6 Å². The van der Waals surface area contributed by atoms with Gasteiger partial charge in [-0.3, -0.25) is 4.68 Å². The van der Waals surface area contributed by atoms with E-state index in [0.717, 1.165) is 9.99 Å². The summed E-state index contributed by atoms with van der Waals surface area (Å²) in [5.41, 5.74) is 6.60. The van der Waals surface area contributed by atoms with E-state index in [0.29, 0.717) is 18.3 Å². The summed E-state index contributed by atoms with van der Waals surface area (Å²) >= 11 is 2.28. The number of aromatic nitrogens is 2. The van der Waals surface area contributed by atoms with Crippen LogP contribution in [0.3, 0.4) is 0 Å². The number of nitrogens with two attached hydrogens (primary N) is 1. The highest BCUT2D eigenvalue weighted by Gasteiger charge is 2.22. The summed E-state index contributed by atoms with van der Waals surface area (Å²) in [5, 5.41) is 4.04. The number of aliphatic imine (C=N–C) groups is 1. The Kier molecular flexibility index (Phi) is 2.62. The fraction of sp³-hybridized carbons (Fsp3) is 0.500. The van der Waals surface area contributed by atoms with Crippen molar-refractivity contribution in [1.82, 2.24) is 9.78 Å². The van der Waals surface area contributed by atoms with Crippen molar-refractivity contribution in [1.29, 1.82) is 0 Å². The SMILES string of the molecule is Cn1ncc(C2=NCC(CI)O2)c1N. The fourth-order valence-electron chi connectivity index (χ4n) is 1.26. The minimum atomic E-state index is 0.185. The minimum Gasteiger partial charge on any atom is -0.471 e. The Morgan fingerprint density at radius 3 is 3.07 bits per heavy atom. The third kappa shape index (κ3) is 1.58. The zero-order valence-electron chi connectivity index (χ0n) is 7.77. The van der Waals surface area contributed by atoms with E-state index in [1.165, 1.54) is 0 Å². The molecule has 5 nitrogen and oxygen atoms in total. The normalized spacial score (nSPS) is 20.7. The third-order valence-corrected chi connectivity index (χ3v) is 3.09. The van der Waals surface area contributed by atoms with Gasteiger partial charge in [0.2, 0.25) is 5.90 Å². The van der Waals surface area contributed by atoms with Crippen molar-refractivity contribution in [2.24, 2.45) is 12.0 Å². The molecule has 2 heterocycles. The number of rotatable bonds is 2. The Morgan fingerprint density at radius 2 is 2.57 bits per heavy atom. The van der Waals surface area contributed by atoms with Crippen LogP contribution in [0.1, 0.15) is 5.56 Å². The lowest BCUT2D eigenvalue weighted by atomic mass is 10.3. The lowest BCUT2D eigenvalue weighted by molar-refractivity contribution is 0.254. The van der Waals surface area contributed by atoms with Gasteiger partial charge in [0, 0.05) is 11.5 Å². The van der Waals surface area contributed by atoms with E-state index in [1.807, 2.05) is 0 Å². The van der Waals surface area contributed by atoms with E-state index in [2.05, 4.69) is 32.7 Å². The maximum atomic E-state index is 5.81. The molecule has 0 saturated carbocycles. The second kappa shape index (κ2) is 3.76. The Labute approximate surface area is 95.5 Å². The number of ether oxygens (including phenoxy) is 1. The molecule has 76 valence electrons. The van der Waals surface area contributed by atoms with Crippen LogP contribution in [0.25, 0.3) is 0 Å². The molecule has 0 radical (unpaired) electrons. The van der Waals surface area contributed by atoms with Gasteiger partial charge in [0.25, 0.3) is 0 Å². The van der Waals surface area contributed by atoms with Crippen molar-refractivity contribution in [2.45, 2.75) is 6.10 Å². The Hall–Kier alpha value is -0.790. The van der Waals surface area contributed by atoms with Gasteiger partial charge in [0.05, 0.1) is 18.3 Å². The van der Waals surface area contributed by atoms with Crippen molar-refractivity contribution in [3.05, 3.63) is 11.8 Å². The van der Waals surface area contributed by atoms with Gasteiger partial charge in [-0.05, 0) is 0 Å². The molecule has 1 aliphatic heterocycles. The van der Waals surface area contributed by atoms with Gasteiger partial charge in [0.15, 0.2) is 0 Å². The van der Waals surface area contributed by atoms with E-state index in [4.69, 9.17) is 10.5 Å². The number of nitrogen functional groups attached to an aromatic ring is 1. The standard InChI is InChI=1S/C8H11IN4O/c1-13-7(10)6(4-12-13)8-11-3-5(2-9)14-8/h4-5H,2-3,10H2,1H3. The highest BCUT2D eigenvalue weighted by atomic mass is 127. The first kappa shape index (κ1) is 9.75. The van der Waals surface area contributed by atoms with Gasteiger partial charge >= 0.3 is 0 Å². The maximum absolute atomic E-state index is 5.81. The highest BCUT2D eigenvalue weighted by Crippen LogP contribution is 2.17. The summed E-state index contributed by atoms with van der Waals surface area (Å²) in [4.78, 5) is 4.29. The summed E-state index contributed by atoms with van der Waals surface area (Å²) in [6, 6.07) is 0. The molecule has 14 heavy (non-hydrogen) atoms. The number of nitrogens with zero attached hydrogens (tertiary/aromatic N) is 3. The maximum Gasteiger partial charge on any atom is 0.222 e. The first-order chi connectivity index (χ1) is 6.72. The van der Waals surface area contributed by atoms with Crippen LogP contribution in [0.4, 0.5) is 5.82 Å². The van der Waals surface area contributed by atoms with Crippen LogP contribution < -0.4 is 5.73 Å². The average Bonchev–Trinajstić information content (AvgIpc) is 2.75. The van der Waals surface area contributed by atoms with Crippen LogP contribution in [0.5, 0.6) is 0 Å². The summed E-state index contributed by atoms with van der Waals surface area (Å²) in [6.07, 6.45) is 1.87. The Bertz CT molecular complexity index is 373. The van der Waals surface area contributed by atoms with Crippen LogP contribution in [0.15, 0.2) is 11.2 Å². The monoisotopic (exact) mass is 306 g/mol. The quantitative estimate of drug-likeness (QED) is 0.642. The number of hydrogen-bond acceptors (Lipinski definition) is 4. The lowest BCUT2D eigenvalue weighted by Crippen LogP contribution is -2.15.